The van der Waals surface area contributed by atoms with E-state index < -0.39 is 15.8 Å². The highest BCUT2D eigenvalue weighted by atomic mass is 35.5. The largest absolute Gasteiger partial charge is 0.497 e. The molecule has 9 heteroatoms. The van der Waals surface area contributed by atoms with Crippen LogP contribution in [0.4, 0.5) is 0 Å². The van der Waals surface area contributed by atoms with Gasteiger partial charge in [0.2, 0.25) is 0 Å². The Morgan fingerprint density at radius 3 is 2.20 bits per heavy atom. The van der Waals surface area contributed by atoms with Crippen LogP contribution in [0.15, 0.2) is 57.8 Å². The third kappa shape index (κ3) is 4.14. The number of hydrogen-bond donors (Lipinski definition) is 0. The summed E-state index contributed by atoms with van der Waals surface area (Å²) < 4.78 is 26.3. The van der Waals surface area contributed by atoms with E-state index in [1.165, 1.54) is 19.3 Å². The topological polar surface area (TPSA) is 82.3 Å². The number of halogens is 1. The maximum Gasteiger partial charge on any atom is 0.181 e. The molecule has 0 aliphatic heterocycles. The van der Waals surface area contributed by atoms with Gasteiger partial charge in [-0.1, -0.05) is 23.7 Å². The summed E-state index contributed by atoms with van der Waals surface area (Å²) in [4.78, 5) is 0.645. The lowest BCUT2D eigenvalue weighted by molar-refractivity contribution is -0.0519. The van der Waals surface area contributed by atoms with Gasteiger partial charge in [-0.15, -0.1) is 5.10 Å². The summed E-state index contributed by atoms with van der Waals surface area (Å²) in [5.41, 5.74) is 0.806. The Morgan fingerprint density at radius 2 is 1.63 bits per heavy atom. The zero-order valence-corrected chi connectivity index (χ0v) is 21.6. The van der Waals surface area contributed by atoms with Gasteiger partial charge in [0.05, 0.1) is 22.4 Å². The van der Waals surface area contributed by atoms with E-state index in [9.17, 15) is 4.21 Å². The fourth-order valence-electron chi connectivity index (χ4n) is 7.02. The minimum absolute atomic E-state index is 0.0670. The first-order chi connectivity index (χ1) is 16.8. The minimum atomic E-state index is -2.76. The first-order valence-electron chi connectivity index (χ1n) is 12.2. The number of methoxy groups -OCH3 is 1. The molecule has 0 saturated heterocycles. The lowest BCUT2D eigenvalue weighted by Gasteiger charge is -2.56. The highest BCUT2D eigenvalue weighted by Gasteiger charge is 2.53. The summed E-state index contributed by atoms with van der Waals surface area (Å²) >= 11 is 6.20. The molecule has 3 aromatic rings. The second-order valence-electron chi connectivity index (χ2n) is 10.6. The predicted molar refractivity (Wildman–Crippen MR) is 135 cm³/mol. The Kier molecular flexibility index (Phi) is 5.64. The van der Waals surface area contributed by atoms with Gasteiger partial charge in [-0.2, -0.15) is 0 Å². The van der Waals surface area contributed by atoms with E-state index in [-0.39, 0.29) is 5.54 Å². The Balaban J connectivity index is 1.47. The fraction of sp³-hybridized carbons (Fsp3) is 0.500. The molecule has 4 fully saturated rings. The fourth-order valence-corrected chi connectivity index (χ4v) is 8.53. The zero-order chi connectivity index (χ0) is 24.2. The number of aromatic nitrogens is 4. The molecule has 4 bridgehead atoms. The first-order valence-corrected chi connectivity index (χ1v) is 14.5. The van der Waals surface area contributed by atoms with Gasteiger partial charge in [0.1, 0.15) is 11.8 Å². The first kappa shape index (κ1) is 23.0. The van der Waals surface area contributed by atoms with Crippen molar-refractivity contribution in [3.63, 3.8) is 0 Å². The van der Waals surface area contributed by atoms with E-state index in [1.54, 1.807) is 13.4 Å². The molecule has 0 amide bonds. The summed E-state index contributed by atoms with van der Waals surface area (Å²) in [6, 6.07) is 14.2. The third-order valence-electron chi connectivity index (χ3n) is 8.18. The van der Waals surface area contributed by atoms with Crippen molar-refractivity contribution in [1.82, 2.24) is 20.2 Å². The summed E-state index contributed by atoms with van der Waals surface area (Å²) in [5.74, 6) is 3.62. The van der Waals surface area contributed by atoms with Crippen LogP contribution in [0.3, 0.4) is 0 Å². The molecule has 1 heterocycles. The molecule has 7 rings (SSSR count). The number of nitrogens with zero attached hydrogens (tertiary/aromatic N) is 5. The van der Waals surface area contributed by atoms with Gasteiger partial charge in [-0.3, -0.25) is 0 Å². The summed E-state index contributed by atoms with van der Waals surface area (Å²) in [5, 5.41) is 13.8. The van der Waals surface area contributed by atoms with Gasteiger partial charge >= 0.3 is 0 Å². The molecule has 4 aliphatic carbocycles. The molecule has 4 saturated carbocycles. The zero-order valence-electron chi connectivity index (χ0n) is 20.0. The van der Waals surface area contributed by atoms with Crippen LogP contribution in [0.1, 0.15) is 56.0 Å². The van der Waals surface area contributed by atoms with Crippen molar-refractivity contribution < 1.29 is 8.95 Å². The lowest BCUT2D eigenvalue weighted by atomic mass is 9.53. The highest BCUT2D eigenvalue weighted by Crippen LogP contribution is 2.59. The number of tetrazole rings is 1. The molecule has 0 radical (unpaired) electrons. The monoisotopic (exact) mass is 511 g/mol. The number of benzene rings is 2. The van der Waals surface area contributed by atoms with Crippen LogP contribution < -0.4 is 4.74 Å². The Hall–Kier alpha value is -2.45. The van der Waals surface area contributed by atoms with E-state index in [0.29, 0.717) is 21.5 Å². The molecular weight excluding hydrogens is 482 g/mol. The molecule has 7 nitrogen and oxygen atoms in total. The average molecular weight is 512 g/mol. The second-order valence-corrected chi connectivity index (χ2v) is 13.4. The smallest absolute Gasteiger partial charge is 0.181 e. The van der Waals surface area contributed by atoms with Gasteiger partial charge in [-0.05, 0) is 109 Å². The molecule has 1 aromatic heterocycles. The van der Waals surface area contributed by atoms with Crippen molar-refractivity contribution >= 4 is 21.3 Å². The summed E-state index contributed by atoms with van der Waals surface area (Å²) in [6.45, 7) is 0. The van der Waals surface area contributed by atoms with E-state index >= 15 is 0 Å². The molecule has 2 aromatic carbocycles. The highest BCUT2D eigenvalue weighted by molar-refractivity contribution is 7.93. The lowest BCUT2D eigenvalue weighted by Crippen LogP contribution is -2.52. The van der Waals surface area contributed by atoms with Crippen molar-refractivity contribution in [1.29, 1.82) is 0 Å². The van der Waals surface area contributed by atoms with Crippen molar-refractivity contribution in [2.24, 2.45) is 22.1 Å². The maximum atomic E-state index is 14.0. The molecular formula is C26H30ClN5O2S. The standard InChI is InChI=1S/C26H30ClN5O2S/c1-34-22-7-9-23(10-8-22)35(2,33)29-24(20-3-5-21(27)6-4-20)25-28-30-31-32(25)26-14-17-11-18(15-26)13-19(12-17)16-26/h3-10,17-19,24H,11-16H2,1-2H3. The second kappa shape index (κ2) is 8.59. The van der Waals surface area contributed by atoms with Gasteiger partial charge in [0, 0.05) is 16.2 Å². The van der Waals surface area contributed by atoms with Crippen LogP contribution in [0, 0.1) is 17.8 Å². The van der Waals surface area contributed by atoms with Gasteiger partial charge in [0.15, 0.2) is 5.82 Å². The molecule has 0 spiro atoms. The number of rotatable bonds is 6. The number of hydrogen-bond acceptors (Lipinski definition) is 6. The van der Waals surface area contributed by atoms with Crippen molar-refractivity contribution in [3.8, 4) is 5.75 Å². The number of ether oxygens (including phenoxy) is 1. The van der Waals surface area contributed by atoms with Gasteiger partial charge in [-0.25, -0.2) is 13.3 Å². The normalized spacial score (nSPS) is 29.5. The Bertz CT molecular complexity index is 1310. The maximum absolute atomic E-state index is 14.0. The van der Waals surface area contributed by atoms with E-state index in [2.05, 4.69) is 20.2 Å². The van der Waals surface area contributed by atoms with E-state index in [0.717, 1.165) is 42.6 Å². The van der Waals surface area contributed by atoms with Crippen LogP contribution in [-0.2, 0) is 15.3 Å². The van der Waals surface area contributed by atoms with E-state index in [4.69, 9.17) is 20.7 Å². The molecule has 4 aliphatic rings. The Morgan fingerprint density at radius 1 is 1.03 bits per heavy atom. The summed E-state index contributed by atoms with van der Waals surface area (Å²) in [7, 11) is -1.15. The Labute approximate surface area is 211 Å². The quantitative estimate of drug-likeness (QED) is 0.436. The van der Waals surface area contributed by atoms with Crippen molar-refractivity contribution in [2.75, 3.05) is 13.4 Å². The van der Waals surface area contributed by atoms with Crippen LogP contribution in [0.25, 0.3) is 0 Å². The van der Waals surface area contributed by atoms with Gasteiger partial charge in [0.25, 0.3) is 0 Å². The SMILES string of the molecule is COc1ccc(S(C)(=O)=NC(c2ccc(Cl)cc2)c2nnnn2C23CC4CC(CC(C4)C2)C3)cc1. The van der Waals surface area contributed by atoms with Crippen molar-refractivity contribution in [2.45, 2.75) is 55.0 Å². The minimum Gasteiger partial charge on any atom is -0.497 e. The van der Waals surface area contributed by atoms with Crippen LogP contribution in [0.5, 0.6) is 5.75 Å². The van der Waals surface area contributed by atoms with E-state index in [1.807, 2.05) is 48.5 Å². The summed E-state index contributed by atoms with van der Waals surface area (Å²) in [6.07, 6.45) is 9.03. The van der Waals surface area contributed by atoms with Crippen LogP contribution in [0.2, 0.25) is 5.02 Å². The predicted octanol–water partition coefficient (Wildman–Crippen LogP) is 5.51. The van der Waals surface area contributed by atoms with Crippen molar-refractivity contribution in [3.05, 3.63) is 64.9 Å². The molecule has 184 valence electrons. The van der Waals surface area contributed by atoms with Crippen LogP contribution in [-0.4, -0.2) is 37.8 Å². The van der Waals surface area contributed by atoms with Crippen LogP contribution >= 0.6 is 11.6 Å². The molecule has 35 heavy (non-hydrogen) atoms. The van der Waals surface area contributed by atoms with Gasteiger partial charge < -0.3 is 4.74 Å². The molecule has 2 atom stereocenters. The third-order valence-corrected chi connectivity index (χ3v) is 10.2. The average Bonchev–Trinajstić information content (AvgIpc) is 3.33. The molecule has 0 N–H and O–H groups in total. The molecule has 2 unspecified atom stereocenters.